The van der Waals surface area contributed by atoms with E-state index in [2.05, 4.69) is 14.4 Å². The highest BCUT2D eigenvalue weighted by molar-refractivity contribution is 7.97. The first-order valence-electron chi connectivity index (χ1n) is 4.60. The number of esters is 1. The first kappa shape index (κ1) is 12.0. The molecule has 1 N–H and O–H groups in total. The number of ether oxygens (including phenoxy) is 1. The van der Waals surface area contributed by atoms with Crippen LogP contribution < -0.4 is 4.72 Å². The maximum Gasteiger partial charge on any atom is 0.306 e. The van der Waals surface area contributed by atoms with E-state index in [9.17, 15) is 4.79 Å². The molecule has 0 saturated carbocycles. The summed E-state index contributed by atoms with van der Waals surface area (Å²) in [4.78, 5) is 15.9. The molecule has 1 rings (SSSR count). The van der Waals surface area contributed by atoms with E-state index in [1.165, 1.54) is 19.1 Å². The van der Waals surface area contributed by atoms with Crippen LogP contribution in [0.25, 0.3) is 0 Å². The molecule has 0 spiro atoms. The molecule has 0 aliphatic carbocycles. The Labute approximate surface area is 93.6 Å². The van der Waals surface area contributed by atoms with Crippen LogP contribution in [0.3, 0.4) is 0 Å². The fraction of sp³-hybridized carbons (Fsp3) is 0.400. The van der Waals surface area contributed by atoms with Crippen molar-refractivity contribution in [3.05, 3.63) is 24.0 Å². The molecule has 1 heterocycles. The van der Waals surface area contributed by atoms with Gasteiger partial charge in [0.15, 0.2) is 0 Å². The van der Waals surface area contributed by atoms with Crippen molar-refractivity contribution >= 4 is 17.9 Å². The number of carbonyl (C=O) groups excluding carboxylic acids is 1. The number of methoxy groups -OCH3 is 1. The fourth-order valence-corrected chi connectivity index (χ4v) is 1.70. The lowest BCUT2D eigenvalue weighted by Crippen LogP contribution is -2.12. The SMILES string of the molecule is COC(=O)CCNSc1cncc(C)c1. The second-order valence-corrected chi connectivity index (χ2v) is 3.98. The predicted molar refractivity (Wildman–Crippen MR) is 59.5 cm³/mol. The Morgan fingerprint density at radius 2 is 2.40 bits per heavy atom. The molecule has 0 radical (unpaired) electrons. The molecule has 0 saturated heterocycles. The second-order valence-electron chi connectivity index (χ2n) is 3.02. The van der Waals surface area contributed by atoms with E-state index in [1.807, 2.05) is 13.0 Å². The lowest BCUT2D eigenvalue weighted by molar-refractivity contribution is -0.140. The number of rotatable bonds is 5. The molecule has 1 aromatic rings. The van der Waals surface area contributed by atoms with E-state index in [4.69, 9.17) is 0 Å². The molecule has 0 bridgehead atoms. The monoisotopic (exact) mass is 226 g/mol. The van der Waals surface area contributed by atoms with Gasteiger partial charge in [-0.2, -0.15) is 0 Å². The zero-order chi connectivity index (χ0) is 11.1. The third kappa shape index (κ3) is 4.80. The van der Waals surface area contributed by atoms with Crippen molar-refractivity contribution in [2.75, 3.05) is 13.7 Å². The summed E-state index contributed by atoms with van der Waals surface area (Å²) in [6.45, 7) is 2.58. The van der Waals surface area contributed by atoms with Crippen LogP contribution in [-0.2, 0) is 9.53 Å². The quantitative estimate of drug-likeness (QED) is 0.469. The van der Waals surface area contributed by atoms with E-state index >= 15 is 0 Å². The largest absolute Gasteiger partial charge is 0.469 e. The van der Waals surface area contributed by atoms with Gasteiger partial charge in [0.05, 0.1) is 13.5 Å². The van der Waals surface area contributed by atoms with Crippen LogP contribution in [0.1, 0.15) is 12.0 Å². The summed E-state index contributed by atoms with van der Waals surface area (Å²) in [5.74, 6) is -0.203. The fourth-order valence-electron chi connectivity index (χ4n) is 0.973. The van der Waals surface area contributed by atoms with Crippen molar-refractivity contribution in [1.29, 1.82) is 0 Å². The number of hydrogen-bond donors (Lipinski definition) is 1. The van der Waals surface area contributed by atoms with E-state index in [-0.39, 0.29) is 5.97 Å². The molecule has 5 heteroatoms. The van der Waals surface area contributed by atoms with E-state index in [0.29, 0.717) is 13.0 Å². The average Bonchev–Trinajstić information content (AvgIpc) is 2.24. The van der Waals surface area contributed by atoms with Gasteiger partial charge in [-0.3, -0.25) is 14.5 Å². The maximum absolute atomic E-state index is 10.8. The van der Waals surface area contributed by atoms with Gasteiger partial charge in [-0.25, -0.2) is 0 Å². The Hall–Kier alpha value is -1.07. The minimum absolute atomic E-state index is 0.203. The van der Waals surface area contributed by atoms with Gasteiger partial charge in [-0.1, -0.05) is 0 Å². The maximum atomic E-state index is 10.8. The number of aromatic nitrogens is 1. The summed E-state index contributed by atoms with van der Waals surface area (Å²) < 4.78 is 7.59. The van der Waals surface area contributed by atoms with Gasteiger partial charge in [0.2, 0.25) is 0 Å². The Kier molecular flexibility index (Phi) is 5.14. The minimum Gasteiger partial charge on any atom is -0.469 e. The molecule has 1 aromatic heterocycles. The highest BCUT2D eigenvalue weighted by atomic mass is 32.2. The van der Waals surface area contributed by atoms with Crippen molar-refractivity contribution in [3.8, 4) is 0 Å². The molecule has 0 fully saturated rings. The zero-order valence-electron chi connectivity index (χ0n) is 8.82. The molecule has 0 aromatic carbocycles. The highest BCUT2D eigenvalue weighted by Crippen LogP contribution is 2.13. The van der Waals surface area contributed by atoms with Crippen molar-refractivity contribution in [2.24, 2.45) is 0 Å². The van der Waals surface area contributed by atoms with Gasteiger partial charge < -0.3 is 4.74 Å². The molecular weight excluding hydrogens is 212 g/mol. The third-order valence-corrected chi connectivity index (χ3v) is 2.51. The number of pyridine rings is 1. The topological polar surface area (TPSA) is 51.2 Å². The Balaban J connectivity index is 2.23. The predicted octanol–water partition coefficient (Wildman–Crippen LogP) is 1.55. The lowest BCUT2D eigenvalue weighted by Gasteiger charge is -2.03. The summed E-state index contributed by atoms with van der Waals surface area (Å²) in [5, 5.41) is 0. The van der Waals surface area contributed by atoms with Gasteiger partial charge in [0.1, 0.15) is 0 Å². The van der Waals surface area contributed by atoms with E-state index in [0.717, 1.165) is 10.5 Å². The van der Waals surface area contributed by atoms with Crippen LogP contribution in [0.2, 0.25) is 0 Å². The molecule has 0 aliphatic rings. The van der Waals surface area contributed by atoms with Crippen LogP contribution >= 0.6 is 11.9 Å². The summed E-state index contributed by atoms with van der Waals surface area (Å²) in [6.07, 6.45) is 3.96. The number of nitrogens with one attached hydrogen (secondary N) is 1. The van der Waals surface area contributed by atoms with Gasteiger partial charge >= 0.3 is 5.97 Å². The standard InChI is InChI=1S/C10H14N2O2S/c1-8-5-9(7-11-6-8)15-12-4-3-10(13)14-2/h5-7,12H,3-4H2,1-2H3. The molecule has 4 nitrogen and oxygen atoms in total. The van der Waals surface area contributed by atoms with Crippen LogP contribution in [0, 0.1) is 6.92 Å². The minimum atomic E-state index is -0.203. The van der Waals surface area contributed by atoms with Gasteiger partial charge in [0.25, 0.3) is 0 Å². The number of carbonyl (C=O) groups is 1. The Morgan fingerprint density at radius 3 is 3.07 bits per heavy atom. The van der Waals surface area contributed by atoms with Gasteiger partial charge in [-0.15, -0.1) is 0 Å². The molecule has 0 aliphatic heterocycles. The number of hydrogen-bond acceptors (Lipinski definition) is 5. The smallest absolute Gasteiger partial charge is 0.306 e. The molecule has 15 heavy (non-hydrogen) atoms. The Morgan fingerprint density at radius 1 is 1.60 bits per heavy atom. The van der Waals surface area contributed by atoms with E-state index in [1.54, 1.807) is 12.4 Å². The number of nitrogens with zero attached hydrogens (tertiary/aromatic N) is 1. The molecule has 0 amide bonds. The molecule has 82 valence electrons. The molecule has 0 unspecified atom stereocenters. The third-order valence-electron chi connectivity index (χ3n) is 1.70. The summed E-state index contributed by atoms with van der Waals surface area (Å²) in [6, 6.07) is 2.03. The van der Waals surface area contributed by atoms with Crippen molar-refractivity contribution in [1.82, 2.24) is 9.71 Å². The van der Waals surface area contributed by atoms with Gasteiger partial charge in [-0.05, 0) is 30.5 Å². The lowest BCUT2D eigenvalue weighted by atomic mass is 10.3. The van der Waals surface area contributed by atoms with Gasteiger partial charge in [0, 0.05) is 23.8 Å². The summed E-state index contributed by atoms with van der Waals surface area (Å²) >= 11 is 1.47. The van der Waals surface area contributed by atoms with Crippen LogP contribution in [-0.4, -0.2) is 24.6 Å². The zero-order valence-corrected chi connectivity index (χ0v) is 9.63. The van der Waals surface area contributed by atoms with Crippen LogP contribution in [0.15, 0.2) is 23.4 Å². The molecule has 0 atom stereocenters. The Bertz CT molecular complexity index is 331. The summed E-state index contributed by atoms with van der Waals surface area (Å²) in [7, 11) is 1.39. The van der Waals surface area contributed by atoms with Crippen molar-refractivity contribution in [3.63, 3.8) is 0 Å². The molecular formula is C10H14N2O2S. The second kappa shape index (κ2) is 6.42. The first-order chi connectivity index (χ1) is 7.22. The van der Waals surface area contributed by atoms with E-state index < -0.39 is 0 Å². The number of aryl methyl sites for hydroxylation is 1. The van der Waals surface area contributed by atoms with Crippen LogP contribution in [0.5, 0.6) is 0 Å². The highest BCUT2D eigenvalue weighted by Gasteiger charge is 1.99. The first-order valence-corrected chi connectivity index (χ1v) is 5.42. The van der Waals surface area contributed by atoms with Crippen molar-refractivity contribution < 1.29 is 9.53 Å². The van der Waals surface area contributed by atoms with Crippen molar-refractivity contribution in [2.45, 2.75) is 18.2 Å². The van der Waals surface area contributed by atoms with Crippen LogP contribution in [0.4, 0.5) is 0 Å². The average molecular weight is 226 g/mol. The normalized spacial score (nSPS) is 10.0. The summed E-state index contributed by atoms with van der Waals surface area (Å²) in [5.41, 5.74) is 1.12.